The molecule has 0 aromatic carbocycles. The van der Waals surface area contributed by atoms with Gasteiger partial charge in [0.05, 0.1) is 71.1 Å². The van der Waals surface area contributed by atoms with E-state index in [9.17, 15) is 93.1 Å². The molecule has 25 N–H and O–H groups in total. The summed E-state index contributed by atoms with van der Waals surface area (Å²) in [5.41, 5.74) is 13.2. The number of carbonyl (C=O) groups is 2. The molecule has 0 spiro atoms. The van der Waals surface area contributed by atoms with Gasteiger partial charge in [-0.05, 0) is 26.0 Å². The largest absolute Gasteiger partial charge is 0.494 e. The number of phosphoric acid groups is 5. The third kappa shape index (κ3) is 21.3. The van der Waals surface area contributed by atoms with Crippen molar-refractivity contribution in [2.24, 2.45) is 12.0 Å². The van der Waals surface area contributed by atoms with Crippen LogP contribution in [0.25, 0.3) is 33.4 Å². The summed E-state index contributed by atoms with van der Waals surface area (Å²) in [7, 11) is -20.8. The number of amides is 1. The first kappa shape index (κ1) is 93.6. The molecule has 57 nitrogen and oxygen atoms in total. The molecule has 8 aromatic rings. The van der Waals surface area contributed by atoms with Crippen molar-refractivity contribution in [3.8, 4) is 5.75 Å². The number of anilines is 3. The highest BCUT2D eigenvalue weighted by Gasteiger charge is 2.53. The number of imidazole rings is 3. The lowest BCUT2D eigenvalue weighted by molar-refractivity contribution is -0.121. The van der Waals surface area contributed by atoms with Crippen molar-refractivity contribution in [1.29, 1.82) is 0 Å². The fourth-order valence-corrected chi connectivity index (χ4v) is 14.7. The molecule has 1 amide bonds. The predicted molar refractivity (Wildman–Crippen MR) is 395 cm³/mol. The number of hydrogen-bond donors (Lipinski definition) is 23. The van der Waals surface area contributed by atoms with Crippen molar-refractivity contribution < 1.29 is 183 Å². The fourth-order valence-electron chi connectivity index (χ4n) is 13.0. The molecular weight excluding hydrogens is 1740 g/mol. The second kappa shape index (κ2) is 37.0. The average Bonchev–Trinajstić information content (AvgIpc) is 1.61. The number of nitrogens with zero attached hydrogens (tertiary/aromatic N) is 14. The van der Waals surface area contributed by atoms with E-state index < -0.39 is 212 Å². The number of nitrogen functional groups attached to an aromatic ring is 2. The van der Waals surface area contributed by atoms with E-state index in [4.69, 9.17) is 88.8 Å². The lowest BCUT2D eigenvalue weighted by Crippen LogP contribution is -2.46. The number of methoxy groups -OCH3 is 1. The molecule has 15 heterocycles. The Hall–Kier alpha value is -8.09. The van der Waals surface area contributed by atoms with E-state index in [2.05, 4.69) is 67.5 Å². The van der Waals surface area contributed by atoms with Crippen molar-refractivity contribution in [2.75, 3.05) is 56.5 Å². The predicted octanol–water partition coefficient (Wildman–Crippen LogP) is -7.31. The normalized spacial score (nSPS) is 28.5. The maximum atomic E-state index is 12.3. The number of aliphatic hydroxyl groups excluding tert-OH is 10. The Bertz CT molecular complexity index is 5530. The van der Waals surface area contributed by atoms with Gasteiger partial charge in [0.25, 0.3) is 11.1 Å². The zero-order chi connectivity index (χ0) is 88.9. The molecule has 7 aliphatic rings. The minimum Gasteiger partial charge on any atom is -0.494 e. The van der Waals surface area contributed by atoms with Gasteiger partial charge in [-0.25, -0.2) is 57.7 Å². The average molecular weight is 1820 g/mol. The van der Waals surface area contributed by atoms with Crippen LogP contribution in [0.15, 0.2) is 64.2 Å². The Kier molecular flexibility index (Phi) is 28.6. The number of aromatic amines is 1. The molecule has 15 rings (SSSR count). The van der Waals surface area contributed by atoms with E-state index in [1.807, 2.05) is 0 Å². The molecule has 0 radical (unpaired) electrons. The Labute approximate surface area is 674 Å². The number of nitrogens with two attached hydrogens (primary N) is 2. The number of phosphoric ester groups is 5. The first-order valence-electron chi connectivity index (χ1n) is 34.9. The molecule has 121 heavy (non-hydrogen) atoms. The summed E-state index contributed by atoms with van der Waals surface area (Å²) in [5, 5.41) is 101. The number of aliphatic hydroxyl groups is 10. The molecule has 0 bridgehead atoms. The van der Waals surface area contributed by atoms with Crippen molar-refractivity contribution >= 4 is 114 Å². The SMILES string of the molecule is COc1cc(C)nc2c1ncn2[C@@H]1O[C@H](COP(=O)(O)O)[C@@H](O)[C@H]1O.Cc1nc2c(c(=O)[nH]1)CC(=O)N2[C@@H]1O[C@H](COP(=O)(O)O)[C@@H](O)[C@H]1O.Cn1c(N)nc2c(ncn2[C@@H]2O[C@H](COP(=O)(O)O)[C@@H](O)[C@H]2O)c1=O.Nc1ccnc2c1ccn2[C@@H]1O[C@H](COP(=O)(O)O)[C@@H](O)[C@H]1O.O=C1CC=Nc2c1ncn2[C@@H]1O[C@H](COP(=O)(O)O)[C@@H](O)[C@H]1O. The quantitative estimate of drug-likeness (QED) is 0.0297. The van der Waals surface area contributed by atoms with Gasteiger partial charge in [-0.15, -0.1) is 0 Å². The van der Waals surface area contributed by atoms with Gasteiger partial charge in [-0.1, -0.05) is 0 Å². The number of rotatable bonds is 21. The van der Waals surface area contributed by atoms with Crippen molar-refractivity contribution in [3.63, 3.8) is 0 Å². The number of aromatic nitrogens is 13. The van der Waals surface area contributed by atoms with E-state index in [0.29, 0.717) is 39.3 Å². The number of aryl methyl sites for hydroxylation is 2. The monoisotopic (exact) mass is 1820 g/mol. The molecule has 666 valence electrons. The first-order valence-corrected chi connectivity index (χ1v) is 42.5. The highest BCUT2D eigenvalue weighted by atomic mass is 31.2. The highest BCUT2D eigenvalue weighted by molar-refractivity contribution is 7.47. The Morgan fingerprint density at radius 2 is 0.926 bits per heavy atom. The van der Waals surface area contributed by atoms with Gasteiger partial charge in [0, 0.05) is 54.9 Å². The highest BCUT2D eigenvalue weighted by Crippen LogP contribution is 2.45. The first-order chi connectivity index (χ1) is 56.4. The standard InChI is InChI=1S/C13H18N3O8P.C12H16N3O9P.C12H16N3O7P.C11H16N5O8P.C11H14N3O8P/c1-6-3-7(22-2)9-12(15-6)16(5-14-9)13-11(18)10(17)8(24-13)4-23-25(19,20)21;1-4-13-10-5(11(19)14-4)2-7(16)15(10)12-9(18)8(17)6(24-12)3-23-25(20,21)22;13-7-1-3-14-11-6(7)2-4-15(11)12-10(17)9(16)8(22-12)5-21-23(18,19)20;1-15-9(19)5-8(14-11(15)12)16(3-13-5)10-7(18)6(17)4(24-10)2-23-25(20,21)22;15-5-1-2-12-10-7(5)13-4-14(10)11-9(17)8(16)6(22-11)3-21-23(18,19)20/h3,5,8,10-11,13,17-18H,4H2,1-2H3,(H2,19,20,21);6,8-9,12,17-18H,2-3H2,1H3,(H,13,14,19)(H2,20,21,22);1-4,8-10,12,16-17H,5H2,(H2,13,14)(H2,18,19,20);3-4,6-7,10,17-18H,2H2,1H3,(H2,12,14)(H2,20,21,22);2,4,6,8-9,11,16-17H,1,3H2,(H2,18,19,20)/t8-,10-,11-,13-;6-,8-,9-,12-;8-,9-,10-,12-;4-,6-,7-,10-;6-,8-,9-,11-/m11111/s1. The maximum absolute atomic E-state index is 12.3. The van der Waals surface area contributed by atoms with Gasteiger partial charge in [-0.3, -0.25) is 65.0 Å². The minimum absolute atomic E-state index is 0.0130. The van der Waals surface area contributed by atoms with Crippen molar-refractivity contribution in [2.45, 2.75) is 149 Å². The Balaban J connectivity index is 0.000000148. The maximum Gasteiger partial charge on any atom is 0.469 e. The smallest absolute Gasteiger partial charge is 0.469 e. The molecular formula is C59H80N17O40P5. The Morgan fingerprint density at radius 3 is 1.38 bits per heavy atom. The van der Waals surface area contributed by atoms with Gasteiger partial charge < -0.3 is 149 Å². The third-order valence-electron chi connectivity index (χ3n) is 18.9. The van der Waals surface area contributed by atoms with E-state index in [1.165, 1.54) is 70.7 Å². The zero-order valence-corrected chi connectivity index (χ0v) is 66.9. The summed E-state index contributed by atoms with van der Waals surface area (Å²) in [4.78, 5) is 171. The number of H-pyrrole nitrogens is 1. The Morgan fingerprint density at radius 1 is 0.512 bits per heavy atom. The van der Waals surface area contributed by atoms with Crippen molar-refractivity contribution in [1.82, 2.24) is 62.7 Å². The van der Waals surface area contributed by atoms with Crippen LogP contribution in [0, 0.1) is 13.8 Å². The van der Waals surface area contributed by atoms with Gasteiger partial charge in [-0.2, -0.15) is 4.98 Å². The van der Waals surface area contributed by atoms with Crippen LogP contribution in [0.1, 0.15) is 58.9 Å². The summed E-state index contributed by atoms with van der Waals surface area (Å²) < 4.78 is 114. The van der Waals surface area contributed by atoms with Crippen LogP contribution in [-0.2, 0) is 87.4 Å². The van der Waals surface area contributed by atoms with Crippen LogP contribution >= 0.6 is 39.1 Å². The van der Waals surface area contributed by atoms with Crippen LogP contribution < -0.4 is 32.2 Å². The summed E-state index contributed by atoms with van der Waals surface area (Å²) in [6.07, 6.45) is -17.8. The van der Waals surface area contributed by atoms with Crippen LogP contribution in [0.2, 0.25) is 0 Å². The van der Waals surface area contributed by atoms with Crippen LogP contribution in [0.3, 0.4) is 0 Å². The van der Waals surface area contributed by atoms with Crippen molar-refractivity contribution in [3.05, 3.63) is 93.1 Å². The second-order valence-corrected chi connectivity index (χ2v) is 33.3. The summed E-state index contributed by atoms with van der Waals surface area (Å²) in [5.74, 6) is 0.0601. The third-order valence-corrected chi connectivity index (χ3v) is 21.3. The van der Waals surface area contributed by atoms with Gasteiger partial charge in [0.1, 0.15) is 120 Å². The summed E-state index contributed by atoms with van der Waals surface area (Å²) in [6, 6.07) is 5.03. The molecule has 5 saturated heterocycles. The number of hydrogen-bond acceptors (Lipinski definition) is 40. The van der Waals surface area contributed by atoms with Crippen LogP contribution in [0.5, 0.6) is 5.75 Å². The number of aliphatic imine (C=N–C) groups is 1. The number of ketones is 1. The number of pyridine rings is 2. The molecule has 5 fully saturated rings. The van der Waals surface area contributed by atoms with Gasteiger partial charge >= 0.3 is 39.1 Å². The second-order valence-electron chi connectivity index (χ2n) is 27.1. The van der Waals surface area contributed by atoms with E-state index in [-0.39, 0.29) is 64.5 Å². The van der Waals surface area contributed by atoms with Crippen LogP contribution in [0.4, 0.5) is 23.3 Å². The molecule has 62 heteroatoms. The molecule has 0 unspecified atom stereocenters. The molecule has 0 saturated carbocycles. The summed E-state index contributed by atoms with van der Waals surface area (Å²) >= 11 is 0. The van der Waals surface area contributed by atoms with E-state index in [1.54, 1.807) is 31.3 Å². The lowest BCUT2D eigenvalue weighted by Gasteiger charge is -2.26. The van der Waals surface area contributed by atoms with E-state index >= 15 is 0 Å². The molecule has 8 aromatic heterocycles. The minimum atomic E-state index is -4.80. The molecule has 7 aliphatic heterocycles. The van der Waals surface area contributed by atoms with E-state index in [0.717, 1.165) is 9.47 Å². The van der Waals surface area contributed by atoms with Crippen LogP contribution in [-0.4, -0.2) is 319 Å². The number of nitrogens with one attached hydrogen (secondary N) is 1. The molecule has 0 aliphatic carbocycles. The van der Waals surface area contributed by atoms with Gasteiger partial charge in [0.15, 0.2) is 65.2 Å². The number of carbonyl (C=O) groups excluding carboxylic acids is 2. The number of fused-ring (bicyclic) bond motifs is 5. The number of Topliss-reactive ketones (excluding diaryl/α,β-unsaturated/α-hetero) is 1. The molecule has 20 atom stereocenters. The summed E-state index contributed by atoms with van der Waals surface area (Å²) in [6.45, 7) is 0.169. The van der Waals surface area contributed by atoms with Gasteiger partial charge in [0.2, 0.25) is 11.9 Å². The number of ether oxygens (including phenoxy) is 6. The lowest BCUT2D eigenvalue weighted by atomic mass is 10.1. The topological polar surface area (TPSA) is 858 Å². The zero-order valence-electron chi connectivity index (χ0n) is 62.5. The fraction of sp³-hybridized carbons (Fsp3) is 0.525.